The maximum Gasteiger partial charge on any atom is 0.237 e. The molecular weight excluding hydrogens is 709 g/mol. The second-order valence-electron chi connectivity index (χ2n) is 18.6. The monoisotopic (exact) mass is 810 g/mol. The Morgan fingerprint density at radius 1 is 0.379 bits per heavy atom. The molecule has 0 aromatic heterocycles. The molecule has 0 aliphatic heterocycles. The van der Waals surface area contributed by atoms with Crippen LogP contribution in [0.1, 0.15) is 290 Å². The molecule has 1 rings (SSSR count). The highest BCUT2D eigenvalue weighted by molar-refractivity contribution is 5.80. The Morgan fingerprint density at radius 3 is 0.948 bits per heavy atom. The molecule has 1 radical (unpaired) electrons. The molecule has 339 valence electrons. The predicted octanol–water partition coefficient (Wildman–Crippen LogP) is 18.8. The normalized spacial score (nSPS) is 12.6. The van der Waals surface area contributed by atoms with E-state index in [-0.39, 0.29) is 0 Å². The van der Waals surface area contributed by atoms with Gasteiger partial charge in [0.25, 0.3) is 0 Å². The molecule has 0 saturated heterocycles. The lowest BCUT2D eigenvalue weighted by molar-refractivity contribution is 0.214. The van der Waals surface area contributed by atoms with Gasteiger partial charge in [-0.2, -0.15) is 0 Å². The first kappa shape index (κ1) is 54.5. The van der Waals surface area contributed by atoms with Crippen molar-refractivity contribution in [2.45, 2.75) is 285 Å². The number of hydrogen-bond acceptors (Lipinski definition) is 3. The van der Waals surface area contributed by atoms with Gasteiger partial charge in [0.15, 0.2) is 0 Å². The van der Waals surface area contributed by atoms with Gasteiger partial charge in [0.05, 0.1) is 18.8 Å². The Balaban J connectivity index is 2.71. The van der Waals surface area contributed by atoms with E-state index in [0.717, 1.165) is 12.4 Å². The van der Waals surface area contributed by atoms with E-state index in [2.05, 4.69) is 34.0 Å². The second-order valence-corrected chi connectivity index (χ2v) is 18.6. The van der Waals surface area contributed by atoms with Crippen LogP contribution in [0.25, 0.3) is 0 Å². The fraction of sp³-hybridized carbons (Fsp3) is 0.873. The first-order chi connectivity index (χ1) is 28.7. The number of ether oxygens (including phenoxy) is 2. The quantitative estimate of drug-likeness (QED) is 0.0615. The molecule has 0 fully saturated rings. The maximum absolute atomic E-state index is 12.0. The number of carbonyl (C=O) groups excluding carboxylic acids is 1. The van der Waals surface area contributed by atoms with Crippen molar-refractivity contribution < 1.29 is 14.3 Å². The Hall–Kier alpha value is -1.51. The van der Waals surface area contributed by atoms with Gasteiger partial charge in [-0.3, -0.25) is 4.79 Å². The average molecular weight is 810 g/mol. The summed E-state index contributed by atoms with van der Waals surface area (Å²) in [6, 6.07) is 5.81. The van der Waals surface area contributed by atoms with Crippen molar-refractivity contribution >= 4 is 6.29 Å². The van der Waals surface area contributed by atoms with Crippen LogP contribution in [0.3, 0.4) is 0 Å². The summed E-state index contributed by atoms with van der Waals surface area (Å²) in [5, 5.41) is 0. The van der Waals surface area contributed by atoms with Crippen molar-refractivity contribution in [3.05, 3.63) is 23.8 Å². The molecule has 3 nitrogen and oxygen atoms in total. The molecule has 0 heterocycles. The average Bonchev–Trinajstić information content (AvgIpc) is 3.24. The first-order valence-corrected chi connectivity index (χ1v) is 26.5. The van der Waals surface area contributed by atoms with Crippen LogP contribution < -0.4 is 9.47 Å². The third kappa shape index (κ3) is 34.2. The van der Waals surface area contributed by atoms with Crippen LogP contribution in [0.2, 0.25) is 0 Å². The smallest absolute Gasteiger partial charge is 0.237 e. The minimum Gasteiger partial charge on any atom is -0.493 e. The zero-order chi connectivity index (χ0) is 41.8. The van der Waals surface area contributed by atoms with Crippen LogP contribution in [0.4, 0.5) is 0 Å². The SMILES string of the molecule is CCCCCCCCCCCCC(CCCCCCCCCC)COc1ccc([C]=O)c(OCC(CCCCCCCCCC)CCCCCCCCCCCC)c1. The van der Waals surface area contributed by atoms with Gasteiger partial charge >= 0.3 is 0 Å². The Labute approximate surface area is 364 Å². The van der Waals surface area contributed by atoms with Crippen molar-refractivity contribution in [2.75, 3.05) is 13.2 Å². The lowest BCUT2D eigenvalue weighted by Crippen LogP contribution is -2.14. The number of unbranched alkanes of at least 4 members (excludes halogenated alkanes) is 32. The van der Waals surface area contributed by atoms with Crippen LogP contribution in [0.15, 0.2) is 18.2 Å². The summed E-state index contributed by atoms with van der Waals surface area (Å²) in [6.45, 7) is 10.6. The van der Waals surface area contributed by atoms with Crippen molar-refractivity contribution in [1.82, 2.24) is 0 Å². The summed E-state index contributed by atoms with van der Waals surface area (Å²) in [5.41, 5.74) is 0.526. The molecule has 0 N–H and O–H groups in total. The lowest BCUT2D eigenvalue weighted by atomic mass is 9.94. The minimum absolute atomic E-state index is 0.526. The van der Waals surface area contributed by atoms with Gasteiger partial charge in [0.2, 0.25) is 6.29 Å². The molecule has 0 amide bonds. The van der Waals surface area contributed by atoms with Crippen LogP contribution in [0.5, 0.6) is 11.5 Å². The van der Waals surface area contributed by atoms with Gasteiger partial charge in [-0.25, -0.2) is 0 Å². The fourth-order valence-corrected chi connectivity index (χ4v) is 8.81. The molecule has 2 atom stereocenters. The Kier molecular flexibility index (Phi) is 41.0. The molecule has 0 saturated carbocycles. The topological polar surface area (TPSA) is 35.5 Å². The molecule has 58 heavy (non-hydrogen) atoms. The molecule has 3 heteroatoms. The first-order valence-electron chi connectivity index (χ1n) is 26.5. The van der Waals surface area contributed by atoms with Gasteiger partial charge < -0.3 is 9.47 Å². The van der Waals surface area contributed by atoms with Crippen molar-refractivity contribution in [1.29, 1.82) is 0 Å². The zero-order valence-corrected chi connectivity index (χ0v) is 39.8. The molecule has 0 aliphatic rings. The van der Waals surface area contributed by atoms with Gasteiger partial charge in [-0.15, -0.1) is 0 Å². The summed E-state index contributed by atoms with van der Waals surface area (Å²) in [4.78, 5) is 12.0. The van der Waals surface area contributed by atoms with Crippen LogP contribution in [0, 0.1) is 11.8 Å². The molecular formula is C55H101O3. The second kappa shape index (κ2) is 43.6. The van der Waals surface area contributed by atoms with E-state index in [0.29, 0.717) is 29.8 Å². The summed E-state index contributed by atoms with van der Waals surface area (Å²) in [7, 11) is 0. The molecule has 2 unspecified atom stereocenters. The number of hydrogen-bond donors (Lipinski definition) is 0. The van der Waals surface area contributed by atoms with Gasteiger partial charge in [-0.1, -0.05) is 259 Å². The predicted molar refractivity (Wildman–Crippen MR) is 257 cm³/mol. The van der Waals surface area contributed by atoms with Crippen LogP contribution in [-0.2, 0) is 4.79 Å². The minimum atomic E-state index is 0.526. The van der Waals surface area contributed by atoms with E-state index in [4.69, 9.17) is 9.47 Å². The summed E-state index contributed by atoms with van der Waals surface area (Å²) >= 11 is 0. The van der Waals surface area contributed by atoms with Crippen molar-refractivity contribution in [2.24, 2.45) is 11.8 Å². The highest BCUT2D eigenvalue weighted by Gasteiger charge is 2.15. The Bertz CT molecular complexity index is 974. The van der Waals surface area contributed by atoms with Crippen LogP contribution in [-0.4, -0.2) is 19.5 Å². The largest absolute Gasteiger partial charge is 0.493 e. The van der Waals surface area contributed by atoms with Gasteiger partial charge in [-0.05, 0) is 49.7 Å². The number of benzene rings is 1. The highest BCUT2D eigenvalue weighted by atomic mass is 16.5. The van der Waals surface area contributed by atoms with E-state index >= 15 is 0 Å². The van der Waals surface area contributed by atoms with E-state index < -0.39 is 0 Å². The summed E-state index contributed by atoms with van der Waals surface area (Å²) in [5.74, 6) is 2.63. The standard InChI is InChI=1S/C55H101O3/c1-5-9-13-17-21-25-27-31-35-38-42-51(41-37-33-29-23-19-15-11-7-3)49-57-54-46-45-53(48-56)55(47-54)58-50-52(43-39-34-30-24-20-16-12-8-4)44-40-36-32-28-26-22-18-14-10-6-2/h45-47,51-52H,5-44,49-50H2,1-4H3. The van der Waals surface area contributed by atoms with Crippen molar-refractivity contribution in [3.8, 4) is 11.5 Å². The lowest BCUT2D eigenvalue weighted by Gasteiger charge is -2.20. The zero-order valence-electron chi connectivity index (χ0n) is 39.8. The third-order valence-corrected chi connectivity index (χ3v) is 12.9. The highest BCUT2D eigenvalue weighted by Crippen LogP contribution is 2.28. The molecule has 1 aromatic carbocycles. The Morgan fingerprint density at radius 2 is 0.655 bits per heavy atom. The van der Waals surface area contributed by atoms with Gasteiger partial charge in [0.1, 0.15) is 11.5 Å². The molecule has 0 bridgehead atoms. The summed E-state index contributed by atoms with van der Waals surface area (Å²) in [6.07, 6.45) is 56.5. The van der Waals surface area contributed by atoms with Gasteiger partial charge in [0, 0.05) is 6.07 Å². The molecule has 1 aromatic rings. The molecule has 0 aliphatic carbocycles. The number of rotatable bonds is 47. The van der Waals surface area contributed by atoms with E-state index in [1.165, 1.54) is 257 Å². The van der Waals surface area contributed by atoms with E-state index in [9.17, 15) is 4.79 Å². The molecule has 0 spiro atoms. The third-order valence-electron chi connectivity index (χ3n) is 12.9. The van der Waals surface area contributed by atoms with Crippen LogP contribution >= 0.6 is 0 Å². The summed E-state index contributed by atoms with van der Waals surface area (Å²) < 4.78 is 13.1. The van der Waals surface area contributed by atoms with Crippen molar-refractivity contribution in [3.63, 3.8) is 0 Å². The fourth-order valence-electron chi connectivity index (χ4n) is 8.81. The van der Waals surface area contributed by atoms with E-state index in [1.54, 1.807) is 0 Å². The maximum atomic E-state index is 12.0. The van der Waals surface area contributed by atoms with E-state index in [1.807, 2.05) is 18.2 Å².